The zero-order chi connectivity index (χ0) is 17.0. The standard InChI is InChI=1S/C16H21F2N3O2.ClH/c1-2-21(15(23)16(19)8-3-4-9-16)10-13(22)20-14-11(17)6-5-7-12(14)18;/h5-7H,2-4,8-10,19H2,1H3,(H,20,22);1H. The average molecular weight is 362 g/mol. The van der Waals surface area contributed by atoms with Gasteiger partial charge in [0.25, 0.3) is 0 Å². The van der Waals surface area contributed by atoms with Crippen LogP contribution in [0, 0.1) is 11.6 Å². The van der Waals surface area contributed by atoms with E-state index in [1.165, 1.54) is 11.0 Å². The average Bonchev–Trinajstić information content (AvgIpc) is 2.96. The molecule has 24 heavy (non-hydrogen) atoms. The third-order valence-electron chi connectivity index (χ3n) is 4.15. The van der Waals surface area contributed by atoms with Gasteiger partial charge in [-0.2, -0.15) is 0 Å². The van der Waals surface area contributed by atoms with Crippen molar-refractivity contribution in [3.63, 3.8) is 0 Å². The molecule has 2 amide bonds. The van der Waals surface area contributed by atoms with Gasteiger partial charge in [-0.3, -0.25) is 9.59 Å². The Morgan fingerprint density at radius 3 is 2.29 bits per heavy atom. The highest BCUT2D eigenvalue weighted by molar-refractivity contribution is 5.96. The largest absolute Gasteiger partial charge is 0.332 e. The van der Waals surface area contributed by atoms with Gasteiger partial charge in [-0.25, -0.2) is 8.78 Å². The predicted octanol–water partition coefficient (Wildman–Crippen LogP) is 2.45. The normalized spacial score (nSPS) is 15.5. The van der Waals surface area contributed by atoms with Crippen LogP contribution in [0.25, 0.3) is 0 Å². The van der Waals surface area contributed by atoms with E-state index in [0.717, 1.165) is 25.0 Å². The second-order valence-corrected chi connectivity index (χ2v) is 5.83. The number of rotatable bonds is 5. The van der Waals surface area contributed by atoms with Crippen LogP contribution in [0.15, 0.2) is 18.2 Å². The van der Waals surface area contributed by atoms with Crippen molar-refractivity contribution in [3.05, 3.63) is 29.8 Å². The van der Waals surface area contributed by atoms with Gasteiger partial charge in [-0.15, -0.1) is 12.4 Å². The Bertz CT molecular complexity index is 587. The zero-order valence-electron chi connectivity index (χ0n) is 13.5. The number of para-hydroxylation sites is 1. The van der Waals surface area contributed by atoms with E-state index in [9.17, 15) is 18.4 Å². The van der Waals surface area contributed by atoms with Gasteiger partial charge in [0.1, 0.15) is 17.3 Å². The maximum atomic E-state index is 13.5. The minimum absolute atomic E-state index is 0. The number of amides is 2. The topological polar surface area (TPSA) is 75.4 Å². The molecule has 0 radical (unpaired) electrons. The number of carbonyl (C=O) groups excluding carboxylic acids is 2. The first kappa shape index (κ1) is 20.3. The number of likely N-dealkylation sites (N-methyl/N-ethyl adjacent to an activating group) is 1. The molecule has 1 aliphatic rings. The van der Waals surface area contributed by atoms with Gasteiger partial charge in [-0.05, 0) is 31.9 Å². The molecule has 1 saturated carbocycles. The lowest BCUT2D eigenvalue weighted by Crippen LogP contribution is -2.55. The van der Waals surface area contributed by atoms with Gasteiger partial charge in [-0.1, -0.05) is 18.9 Å². The van der Waals surface area contributed by atoms with Gasteiger partial charge < -0.3 is 16.0 Å². The number of carbonyl (C=O) groups is 2. The van der Waals surface area contributed by atoms with Crippen LogP contribution in [-0.2, 0) is 9.59 Å². The number of nitrogens with one attached hydrogen (secondary N) is 1. The summed E-state index contributed by atoms with van der Waals surface area (Å²) in [7, 11) is 0. The quantitative estimate of drug-likeness (QED) is 0.845. The second kappa shape index (κ2) is 8.39. The van der Waals surface area contributed by atoms with Gasteiger partial charge in [0.05, 0.1) is 12.1 Å². The Kier molecular flexibility index (Phi) is 7.10. The van der Waals surface area contributed by atoms with Crippen LogP contribution in [-0.4, -0.2) is 35.3 Å². The maximum Gasteiger partial charge on any atom is 0.244 e. The number of anilines is 1. The molecule has 0 unspecified atom stereocenters. The number of benzene rings is 1. The van der Waals surface area contributed by atoms with Crippen LogP contribution in [0.3, 0.4) is 0 Å². The molecule has 5 nitrogen and oxygen atoms in total. The van der Waals surface area contributed by atoms with E-state index in [0.29, 0.717) is 19.4 Å². The number of hydrogen-bond acceptors (Lipinski definition) is 3. The van der Waals surface area contributed by atoms with Crippen LogP contribution in [0.1, 0.15) is 32.6 Å². The Morgan fingerprint density at radius 1 is 1.25 bits per heavy atom. The summed E-state index contributed by atoms with van der Waals surface area (Å²) < 4.78 is 27.1. The lowest BCUT2D eigenvalue weighted by molar-refractivity contribution is -0.139. The van der Waals surface area contributed by atoms with Crippen molar-refractivity contribution < 1.29 is 18.4 Å². The van der Waals surface area contributed by atoms with Crippen LogP contribution >= 0.6 is 12.4 Å². The molecular weight excluding hydrogens is 340 g/mol. The lowest BCUT2D eigenvalue weighted by atomic mass is 9.97. The summed E-state index contributed by atoms with van der Waals surface area (Å²) in [5.41, 5.74) is 4.67. The maximum absolute atomic E-state index is 13.5. The second-order valence-electron chi connectivity index (χ2n) is 5.83. The molecule has 1 aromatic rings. The highest BCUT2D eigenvalue weighted by Gasteiger charge is 2.39. The van der Waals surface area contributed by atoms with Crippen LogP contribution in [0.2, 0.25) is 0 Å². The van der Waals surface area contributed by atoms with E-state index >= 15 is 0 Å². The van der Waals surface area contributed by atoms with E-state index in [1.807, 2.05) is 0 Å². The van der Waals surface area contributed by atoms with Crippen molar-refractivity contribution in [2.75, 3.05) is 18.4 Å². The Balaban J connectivity index is 0.00000288. The molecule has 0 saturated heterocycles. The number of nitrogens with zero attached hydrogens (tertiary/aromatic N) is 1. The summed E-state index contributed by atoms with van der Waals surface area (Å²) in [4.78, 5) is 25.8. The lowest BCUT2D eigenvalue weighted by Gasteiger charge is -2.30. The van der Waals surface area contributed by atoms with E-state index in [1.54, 1.807) is 6.92 Å². The van der Waals surface area contributed by atoms with Gasteiger partial charge >= 0.3 is 0 Å². The molecule has 0 aromatic heterocycles. The summed E-state index contributed by atoms with van der Waals surface area (Å²) >= 11 is 0. The van der Waals surface area contributed by atoms with Crippen molar-refractivity contribution >= 4 is 29.9 Å². The molecule has 0 heterocycles. The molecule has 1 fully saturated rings. The molecule has 0 bridgehead atoms. The third kappa shape index (κ3) is 4.42. The zero-order valence-corrected chi connectivity index (χ0v) is 14.3. The molecular formula is C16H22ClF2N3O2. The summed E-state index contributed by atoms with van der Waals surface area (Å²) in [6.07, 6.45) is 2.94. The van der Waals surface area contributed by atoms with Gasteiger partial charge in [0, 0.05) is 6.54 Å². The van der Waals surface area contributed by atoms with E-state index in [-0.39, 0.29) is 24.9 Å². The highest BCUT2D eigenvalue weighted by atomic mass is 35.5. The predicted molar refractivity (Wildman–Crippen MR) is 89.9 cm³/mol. The Hall–Kier alpha value is -1.73. The van der Waals surface area contributed by atoms with Crippen molar-refractivity contribution in [1.29, 1.82) is 0 Å². The fraction of sp³-hybridized carbons (Fsp3) is 0.500. The van der Waals surface area contributed by atoms with E-state index in [4.69, 9.17) is 5.73 Å². The number of nitrogens with two attached hydrogens (primary N) is 1. The minimum atomic E-state index is -0.931. The van der Waals surface area contributed by atoms with Gasteiger partial charge in [0.2, 0.25) is 11.8 Å². The molecule has 0 atom stereocenters. The molecule has 3 N–H and O–H groups in total. The molecule has 0 aliphatic heterocycles. The highest BCUT2D eigenvalue weighted by Crippen LogP contribution is 2.29. The molecule has 2 rings (SSSR count). The van der Waals surface area contributed by atoms with Crippen molar-refractivity contribution in [2.45, 2.75) is 38.1 Å². The SMILES string of the molecule is CCN(CC(=O)Nc1c(F)cccc1F)C(=O)C1(N)CCCC1.Cl. The first-order valence-electron chi connectivity index (χ1n) is 7.69. The van der Waals surface area contributed by atoms with E-state index in [2.05, 4.69) is 5.32 Å². The molecule has 8 heteroatoms. The molecule has 1 aromatic carbocycles. The fourth-order valence-corrected chi connectivity index (χ4v) is 2.83. The fourth-order valence-electron chi connectivity index (χ4n) is 2.83. The molecule has 0 spiro atoms. The minimum Gasteiger partial charge on any atom is -0.332 e. The summed E-state index contributed by atoms with van der Waals surface area (Å²) in [6, 6.07) is 3.31. The Morgan fingerprint density at radius 2 is 1.79 bits per heavy atom. The van der Waals surface area contributed by atoms with Crippen molar-refractivity contribution in [1.82, 2.24) is 4.90 Å². The molecule has 1 aliphatic carbocycles. The summed E-state index contributed by atoms with van der Waals surface area (Å²) in [5.74, 6) is -2.68. The van der Waals surface area contributed by atoms with Crippen LogP contribution in [0.5, 0.6) is 0 Å². The summed E-state index contributed by atoms with van der Waals surface area (Å²) in [6.45, 7) is 1.74. The van der Waals surface area contributed by atoms with Gasteiger partial charge in [0.15, 0.2) is 0 Å². The number of hydrogen-bond donors (Lipinski definition) is 2. The summed E-state index contributed by atoms with van der Waals surface area (Å²) in [5, 5.41) is 2.18. The Labute approximate surface area is 146 Å². The van der Waals surface area contributed by atoms with Crippen LogP contribution in [0.4, 0.5) is 14.5 Å². The number of halogens is 3. The van der Waals surface area contributed by atoms with E-state index < -0.39 is 28.8 Å². The first-order chi connectivity index (χ1) is 10.9. The molecule has 134 valence electrons. The van der Waals surface area contributed by atoms with Crippen LogP contribution < -0.4 is 11.1 Å². The monoisotopic (exact) mass is 361 g/mol. The first-order valence-corrected chi connectivity index (χ1v) is 7.69. The van der Waals surface area contributed by atoms with Crippen molar-refractivity contribution in [3.8, 4) is 0 Å². The van der Waals surface area contributed by atoms with Crippen molar-refractivity contribution in [2.24, 2.45) is 5.73 Å². The third-order valence-corrected chi connectivity index (χ3v) is 4.15. The smallest absolute Gasteiger partial charge is 0.244 e.